The minimum absolute atomic E-state index is 1.17. The Kier molecular flexibility index (Phi) is 3.07. The first kappa shape index (κ1) is 9.35. The van der Waals surface area contributed by atoms with Crippen LogP contribution in [0.1, 0.15) is 0 Å². The van der Waals surface area contributed by atoms with E-state index in [4.69, 9.17) is 4.55 Å². The Bertz CT molecular complexity index is 209. The molecule has 1 atom stereocenters. The first-order chi connectivity index (χ1) is 3.85. The molecule has 1 N–H and O–H groups in total. The van der Waals surface area contributed by atoms with Crippen molar-refractivity contribution in [2.45, 2.75) is 4.16 Å². The molecule has 0 heterocycles. The van der Waals surface area contributed by atoms with E-state index in [1.165, 1.54) is 0 Å². The molecule has 0 aliphatic rings. The van der Waals surface area contributed by atoms with Crippen LogP contribution in [0.15, 0.2) is 0 Å². The highest BCUT2D eigenvalue weighted by Gasteiger charge is 2.25. The second-order valence-corrected chi connectivity index (χ2v) is 4.53. The lowest BCUT2D eigenvalue weighted by molar-refractivity contribution is -0.110. The molecular weight excluding hydrogens is 235 g/mol. The summed E-state index contributed by atoms with van der Waals surface area (Å²) >= 11 is 7.03. The molecule has 0 saturated heterocycles. The normalized spacial score (nSPS) is 15.0. The van der Waals surface area contributed by atoms with E-state index in [2.05, 4.69) is 27.5 Å². The van der Waals surface area contributed by atoms with Gasteiger partial charge in [-0.1, -0.05) is 15.9 Å². The molecule has 0 fully saturated rings. The molecule has 0 aliphatic carbocycles. The number of hydrogen-bond acceptors (Lipinski definition) is 3. The molecule has 0 saturated carbocycles. The first-order valence-electron chi connectivity index (χ1n) is 1.65. The van der Waals surface area contributed by atoms with Crippen LogP contribution >= 0.6 is 27.5 Å². The number of carbonyl (C=O) groups is 1. The van der Waals surface area contributed by atoms with Crippen molar-refractivity contribution in [2.24, 2.45) is 0 Å². The lowest BCUT2D eigenvalue weighted by Gasteiger charge is -1.96. The van der Waals surface area contributed by atoms with Gasteiger partial charge >= 0.3 is 0 Å². The highest BCUT2D eigenvalue weighted by Crippen LogP contribution is 2.09. The van der Waals surface area contributed by atoms with Crippen LogP contribution in [0.5, 0.6) is 0 Å². The van der Waals surface area contributed by atoms with Gasteiger partial charge in [0.1, 0.15) is 0 Å². The van der Waals surface area contributed by atoms with Crippen molar-refractivity contribution < 1.29 is 17.8 Å². The average Bonchev–Trinajstić information content (AvgIpc) is 1.62. The molecule has 0 aliphatic heterocycles. The standard InChI is InChI=1S/C2H2BrClO4S/c3-1(2(4)5)9(6,7)8/h1H,(H,6,7,8). The van der Waals surface area contributed by atoms with Gasteiger partial charge in [0.25, 0.3) is 15.4 Å². The maximum atomic E-state index is 9.98. The monoisotopic (exact) mass is 236 g/mol. The predicted octanol–water partition coefficient (Wildman–Crippen LogP) is 0.361. The third-order valence-corrected chi connectivity index (χ3v) is 3.62. The van der Waals surface area contributed by atoms with Crippen LogP contribution in [0.25, 0.3) is 0 Å². The van der Waals surface area contributed by atoms with Gasteiger partial charge in [-0.2, -0.15) is 8.42 Å². The number of alkyl halides is 1. The van der Waals surface area contributed by atoms with Crippen molar-refractivity contribution in [3.05, 3.63) is 0 Å². The lowest BCUT2D eigenvalue weighted by Crippen LogP contribution is -2.19. The van der Waals surface area contributed by atoms with Crippen molar-refractivity contribution in [3.63, 3.8) is 0 Å². The molecule has 0 radical (unpaired) electrons. The second-order valence-electron chi connectivity index (χ2n) is 1.14. The SMILES string of the molecule is O=C(Cl)C(Br)S(=O)(=O)O. The molecule has 1 unspecified atom stereocenters. The number of halogens is 2. The van der Waals surface area contributed by atoms with Gasteiger partial charge in [-0.3, -0.25) is 9.35 Å². The maximum Gasteiger partial charge on any atom is 0.286 e. The average molecular weight is 237 g/mol. The van der Waals surface area contributed by atoms with Crippen molar-refractivity contribution >= 4 is 42.9 Å². The molecule has 7 heteroatoms. The minimum Gasteiger partial charge on any atom is -0.284 e. The summed E-state index contributed by atoms with van der Waals surface area (Å²) in [6.45, 7) is 0. The Balaban J connectivity index is 4.43. The summed E-state index contributed by atoms with van der Waals surface area (Å²) in [7, 11) is -4.37. The van der Waals surface area contributed by atoms with E-state index >= 15 is 0 Å². The Labute approximate surface area is 65.1 Å². The van der Waals surface area contributed by atoms with Crippen LogP contribution in [0.3, 0.4) is 0 Å². The lowest BCUT2D eigenvalue weighted by atomic mass is 10.9. The number of carbonyl (C=O) groups excluding carboxylic acids is 1. The molecule has 0 spiro atoms. The molecule has 9 heavy (non-hydrogen) atoms. The van der Waals surface area contributed by atoms with Gasteiger partial charge in [0.2, 0.25) is 4.16 Å². The predicted molar refractivity (Wildman–Crippen MR) is 35.1 cm³/mol. The van der Waals surface area contributed by atoms with E-state index in [0.717, 1.165) is 0 Å². The van der Waals surface area contributed by atoms with Crippen LogP contribution in [-0.4, -0.2) is 22.4 Å². The zero-order chi connectivity index (χ0) is 7.65. The van der Waals surface area contributed by atoms with Gasteiger partial charge < -0.3 is 0 Å². The summed E-state index contributed by atoms with van der Waals surface area (Å²) in [5, 5.41) is -1.17. The Morgan fingerprint density at radius 3 is 2.00 bits per heavy atom. The van der Waals surface area contributed by atoms with Crippen LogP contribution in [0.4, 0.5) is 0 Å². The zero-order valence-electron chi connectivity index (χ0n) is 3.91. The van der Waals surface area contributed by atoms with Crippen molar-refractivity contribution in [3.8, 4) is 0 Å². The fourth-order valence-electron chi connectivity index (χ4n) is 0.117. The fraction of sp³-hybridized carbons (Fsp3) is 0.500. The number of hydrogen-bond donors (Lipinski definition) is 1. The molecule has 0 aromatic heterocycles. The van der Waals surface area contributed by atoms with Crippen LogP contribution in [0.2, 0.25) is 0 Å². The van der Waals surface area contributed by atoms with Gasteiger partial charge in [-0.15, -0.1) is 0 Å². The van der Waals surface area contributed by atoms with Gasteiger partial charge in [0.05, 0.1) is 0 Å². The summed E-state index contributed by atoms with van der Waals surface area (Å²) in [5.41, 5.74) is 0. The highest BCUT2D eigenvalue weighted by atomic mass is 79.9. The van der Waals surface area contributed by atoms with Gasteiger partial charge in [-0.05, 0) is 11.6 Å². The first-order valence-corrected chi connectivity index (χ1v) is 4.45. The molecule has 0 amide bonds. The van der Waals surface area contributed by atoms with Crippen LogP contribution in [-0.2, 0) is 14.9 Å². The summed E-state index contributed by atoms with van der Waals surface area (Å²) in [6.07, 6.45) is 0. The van der Waals surface area contributed by atoms with Crippen molar-refractivity contribution in [1.29, 1.82) is 0 Å². The highest BCUT2D eigenvalue weighted by molar-refractivity contribution is 9.11. The smallest absolute Gasteiger partial charge is 0.284 e. The van der Waals surface area contributed by atoms with Crippen molar-refractivity contribution in [1.82, 2.24) is 0 Å². The topological polar surface area (TPSA) is 71.4 Å². The van der Waals surface area contributed by atoms with Crippen molar-refractivity contribution in [2.75, 3.05) is 0 Å². The summed E-state index contributed by atoms with van der Waals surface area (Å²) in [5.74, 6) is 0. The minimum atomic E-state index is -4.37. The Morgan fingerprint density at radius 1 is 1.67 bits per heavy atom. The van der Waals surface area contributed by atoms with E-state index in [-0.39, 0.29) is 0 Å². The third-order valence-electron chi connectivity index (χ3n) is 0.440. The molecule has 4 nitrogen and oxygen atoms in total. The molecule has 54 valence electrons. The molecule has 0 aromatic rings. The second kappa shape index (κ2) is 2.96. The quantitative estimate of drug-likeness (QED) is 0.428. The fourth-order valence-corrected chi connectivity index (χ4v) is 0.689. The summed E-state index contributed by atoms with van der Waals surface area (Å²) in [4.78, 5) is 9.97. The third kappa shape index (κ3) is 3.14. The van der Waals surface area contributed by atoms with Gasteiger partial charge in [-0.25, -0.2) is 0 Å². The Morgan fingerprint density at radius 2 is 2.00 bits per heavy atom. The van der Waals surface area contributed by atoms with E-state index in [9.17, 15) is 13.2 Å². The summed E-state index contributed by atoms with van der Waals surface area (Å²) < 4.78 is 26.3. The van der Waals surface area contributed by atoms with E-state index < -0.39 is 19.5 Å². The Hall–Kier alpha value is 0.350. The summed E-state index contributed by atoms with van der Waals surface area (Å²) in [6, 6.07) is 0. The maximum absolute atomic E-state index is 9.98. The molecule has 0 aromatic carbocycles. The van der Waals surface area contributed by atoms with Gasteiger partial charge in [0.15, 0.2) is 0 Å². The van der Waals surface area contributed by atoms with Gasteiger partial charge in [0, 0.05) is 0 Å². The van der Waals surface area contributed by atoms with Crippen LogP contribution < -0.4 is 0 Å². The largest absolute Gasteiger partial charge is 0.286 e. The molecule has 0 bridgehead atoms. The molecular formula is C2H2BrClO4S. The zero-order valence-corrected chi connectivity index (χ0v) is 7.07. The van der Waals surface area contributed by atoms with E-state index in [1.807, 2.05) is 0 Å². The van der Waals surface area contributed by atoms with E-state index in [1.54, 1.807) is 0 Å². The van der Waals surface area contributed by atoms with E-state index in [0.29, 0.717) is 0 Å². The molecule has 0 rings (SSSR count). The van der Waals surface area contributed by atoms with Crippen LogP contribution in [0, 0.1) is 0 Å². The number of rotatable bonds is 2.